The predicted molar refractivity (Wildman–Crippen MR) is 225 cm³/mol. The van der Waals surface area contributed by atoms with E-state index in [9.17, 15) is 14.7 Å². The second-order valence-electron chi connectivity index (χ2n) is 15.2. The molecule has 0 aromatic heterocycles. The Bertz CT molecular complexity index is 686. The van der Waals surface area contributed by atoms with Crippen molar-refractivity contribution < 1.29 is 24.2 Å². The fourth-order valence-electron chi connectivity index (χ4n) is 6.88. The van der Waals surface area contributed by atoms with E-state index >= 15 is 0 Å². The van der Waals surface area contributed by atoms with Crippen molar-refractivity contribution in [3.63, 3.8) is 0 Å². The number of carbonyl (C=O) groups excluding carboxylic acids is 2. The monoisotopic (exact) mass is 740 g/mol. The highest BCUT2D eigenvalue weighted by molar-refractivity contribution is 5.69. The summed E-state index contributed by atoms with van der Waals surface area (Å²) in [4.78, 5) is 27.0. The zero-order valence-electron chi connectivity index (χ0n) is 36.0. The van der Waals surface area contributed by atoms with Gasteiger partial charge >= 0.3 is 11.9 Å². The van der Waals surface area contributed by atoms with E-state index in [0.29, 0.717) is 19.4 Å². The van der Waals surface area contributed by atoms with Crippen LogP contribution >= 0.6 is 0 Å². The number of ether oxygens (including phenoxy) is 2. The van der Waals surface area contributed by atoms with E-state index in [4.69, 9.17) is 9.47 Å². The summed E-state index contributed by atoms with van der Waals surface area (Å²) in [6.45, 7) is 14.4. The van der Waals surface area contributed by atoms with Gasteiger partial charge in [0.1, 0.15) is 6.10 Å². The number of rotatable bonds is 41. The molecule has 1 N–H and O–H groups in total. The summed E-state index contributed by atoms with van der Waals surface area (Å²) in [5.41, 5.74) is 0. The number of esters is 2. The first-order valence-corrected chi connectivity index (χ1v) is 23.3. The lowest BCUT2D eigenvalue weighted by Crippen LogP contribution is -2.29. The van der Waals surface area contributed by atoms with Crippen LogP contribution in [0.5, 0.6) is 0 Å². The van der Waals surface area contributed by atoms with Gasteiger partial charge in [-0.2, -0.15) is 0 Å². The number of aliphatic hydroxyl groups excluding tert-OH is 1. The molecule has 0 aromatic rings. The molecule has 0 spiro atoms. The summed E-state index contributed by atoms with van der Waals surface area (Å²) in [5.74, 6) is -0.0175. The molecule has 0 aliphatic carbocycles. The highest BCUT2D eigenvalue weighted by atomic mass is 16.5. The average Bonchev–Trinajstić information content (AvgIpc) is 3.15. The summed E-state index contributed by atoms with van der Waals surface area (Å²) in [7, 11) is 0. The van der Waals surface area contributed by atoms with Gasteiger partial charge in [0, 0.05) is 19.4 Å². The van der Waals surface area contributed by atoms with Gasteiger partial charge in [0.05, 0.1) is 13.2 Å². The normalized spacial score (nSPS) is 11.2. The molecule has 0 radical (unpaired) electrons. The minimum Gasteiger partial charge on any atom is -0.466 e. The molecule has 0 unspecified atom stereocenters. The Balaban J connectivity index is 0. The van der Waals surface area contributed by atoms with Crippen LogP contribution in [0, 0.1) is 0 Å². The zero-order chi connectivity index (χ0) is 38.6. The van der Waals surface area contributed by atoms with Gasteiger partial charge in [-0.25, -0.2) is 0 Å². The minimum absolute atomic E-state index is 0.0137. The molecule has 0 atom stereocenters. The lowest BCUT2D eigenvalue weighted by molar-refractivity contribution is -0.150. The molecule has 6 heteroatoms. The van der Waals surface area contributed by atoms with Crippen molar-refractivity contribution in [2.24, 2.45) is 0 Å². The van der Waals surface area contributed by atoms with Crippen molar-refractivity contribution in [2.75, 3.05) is 32.8 Å². The summed E-state index contributed by atoms with van der Waals surface area (Å²) < 4.78 is 11.4. The zero-order valence-corrected chi connectivity index (χ0v) is 36.0. The topological polar surface area (TPSA) is 76.1 Å². The van der Waals surface area contributed by atoms with Gasteiger partial charge in [0.25, 0.3) is 0 Å². The van der Waals surface area contributed by atoms with E-state index in [-0.39, 0.29) is 24.6 Å². The van der Waals surface area contributed by atoms with Crippen LogP contribution in [-0.4, -0.2) is 60.9 Å². The molecule has 0 aromatic carbocycles. The van der Waals surface area contributed by atoms with Crippen LogP contribution in [0.4, 0.5) is 0 Å². The largest absolute Gasteiger partial charge is 0.466 e. The van der Waals surface area contributed by atoms with Crippen molar-refractivity contribution in [1.82, 2.24) is 4.90 Å². The standard InChI is InChI=1S/C44H87NO5.C2H6/c1-4-7-10-13-16-25-32-41-49-43(47)35-28-21-17-23-30-37-45(39-40-46)38-31-24-18-22-29-36-44(48)50-42(33-26-19-14-11-8-5-2)34-27-20-15-12-9-6-3;1-2/h42,46H,4-41H2,1-3H3;1-2H3. The van der Waals surface area contributed by atoms with Gasteiger partial charge in [-0.1, -0.05) is 176 Å². The summed E-state index contributed by atoms with van der Waals surface area (Å²) in [5, 5.41) is 9.54. The third kappa shape index (κ3) is 41.6. The number of nitrogens with zero attached hydrogens (tertiary/aromatic N) is 1. The van der Waals surface area contributed by atoms with Crippen molar-refractivity contribution in [1.29, 1.82) is 0 Å². The van der Waals surface area contributed by atoms with E-state index in [1.54, 1.807) is 0 Å². The van der Waals surface area contributed by atoms with Crippen LogP contribution in [-0.2, 0) is 19.1 Å². The molecule has 0 bridgehead atoms. The molecular weight excluding hydrogens is 647 g/mol. The number of hydrogen-bond acceptors (Lipinski definition) is 6. The van der Waals surface area contributed by atoms with Gasteiger partial charge in [0.15, 0.2) is 0 Å². The second kappa shape index (κ2) is 46.0. The SMILES string of the molecule is CC.CCCCCCCCCOC(=O)CCCCCCCN(CCO)CCCCCCCC(=O)OC(CCCCCCCC)CCCCCCCC. The quantitative estimate of drug-likeness (QED) is 0.0497. The van der Waals surface area contributed by atoms with Crippen molar-refractivity contribution >= 4 is 11.9 Å². The van der Waals surface area contributed by atoms with Gasteiger partial charge in [-0.15, -0.1) is 0 Å². The Hall–Kier alpha value is -1.14. The van der Waals surface area contributed by atoms with Crippen molar-refractivity contribution in [3.05, 3.63) is 0 Å². The summed E-state index contributed by atoms with van der Waals surface area (Å²) in [6, 6.07) is 0. The van der Waals surface area contributed by atoms with Gasteiger partial charge < -0.3 is 19.5 Å². The molecule has 0 fully saturated rings. The number of aliphatic hydroxyl groups is 1. The van der Waals surface area contributed by atoms with E-state index in [1.165, 1.54) is 128 Å². The van der Waals surface area contributed by atoms with Crippen LogP contribution in [0.3, 0.4) is 0 Å². The number of carbonyl (C=O) groups is 2. The third-order valence-electron chi connectivity index (χ3n) is 10.2. The molecule has 6 nitrogen and oxygen atoms in total. The van der Waals surface area contributed by atoms with E-state index in [2.05, 4.69) is 25.7 Å². The molecule has 312 valence electrons. The fraction of sp³-hybridized carbons (Fsp3) is 0.957. The van der Waals surface area contributed by atoms with Gasteiger partial charge in [-0.05, 0) is 70.9 Å². The molecule has 0 heterocycles. The number of unbranched alkanes of at least 4 members (excludes halogenated alkanes) is 24. The van der Waals surface area contributed by atoms with Crippen LogP contribution in [0.2, 0.25) is 0 Å². The van der Waals surface area contributed by atoms with Crippen molar-refractivity contribution in [2.45, 2.75) is 253 Å². The van der Waals surface area contributed by atoms with Gasteiger partial charge in [0.2, 0.25) is 0 Å². The summed E-state index contributed by atoms with van der Waals surface area (Å²) in [6.07, 6.45) is 38.3. The lowest BCUT2D eigenvalue weighted by Gasteiger charge is -2.21. The second-order valence-corrected chi connectivity index (χ2v) is 15.2. The maximum absolute atomic E-state index is 12.7. The molecule has 0 saturated carbocycles. The number of hydrogen-bond donors (Lipinski definition) is 1. The molecule has 0 amide bonds. The maximum Gasteiger partial charge on any atom is 0.306 e. The van der Waals surface area contributed by atoms with Crippen molar-refractivity contribution in [3.8, 4) is 0 Å². The van der Waals surface area contributed by atoms with Crippen LogP contribution in [0.15, 0.2) is 0 Å². The molecule has 0 saturated heterocycles. The first-order valence-electron chi connectivity index (χ1n) is 23.3. The molecule has 0 aliphatic rings. The van der Waals surface area contributed by atoms with Crippen LogP contribution in [0.1, 0.15) is 247 Å². The molecular formula is C46H93NO5. The van der Waals surface area contributed by atoms with E-state index < -0.39 is 0 Å². The van der Waals surface area contributed by atoms with Crippen LogP contribution in [0.25, 0.3) is 0 Å². The highest BCUT2D eigenvalue weighted by Crippen LogP contribution is 2.18. The average molecular weight is 740 g/mol. The first-order chi connectivity index (χ1) is 25.6. The minimum atomic E-state index is -0.0312. The molecule has 0 aliphatic heterocycles. The first kappa shape index (κ1) is 53.0. The maximum atomic E-state index is 12.7. The highest BCUT2D eigenvalue weighted by Gasteiger charge is 2.14. The third-order valence-corrected chi connectivity index (χ3v) is 10.2. The van der Waals surface area contributed by atoms with E-state index in [1.807, 2.05) is 13.8 Å². The molecule has 0 rings (SSSR count). The fourth-order valence-corrected chi connectivity index (χ4v) is 6.88. The van der Waals surface area contributed by atoms with E-state index in [0.717, 1.165) is 90.3 Å². The lowest BCUT2D eigenvalue weighted by atomic mass is 10.0. The molecule has 52 heavy (non-hydrogen) atoms. The Morgan fingerprint density at radius 1 is 0.462 bits per heavy atom. The predicted octanol–water partition coefficient (Wildman–Crippen LogP) is 13.7. The van der Waals surface area contributed by atoms with Crippen LogP contribution < -0.4 is 0 Å². The Labute approximate surface area is 325 Å². The Kier molecular flexibility index (Phi) is 46.9. The Morgan fingerprint density at radius 3 is 1.27 bits per heavy atom. The summed E-state index contributed by atoms with van der Waals surface area (Å²) >= 11 is 0. The Morgan fingerprint density at radius 2 is 0.827 bits per heavy atom. The van der Waals surface area contributed by atoms with Gasteiger partial charge in [-0.3, -0.25) is 9.59 Å². The smallest absolute Gasteiger partial charge is 0.306 e.